The minimum Gasteiger partial charge on any atom is -0.494 e. The van der Waals surface area contributed by atoms with Gasteiger partial charge >= 0.3 is 0 Å². The fourth-order valence-corrected chi connectivity index (χ4v) is 4.23. The first-order valence-corrected chi connectivity index (χ1v) is 11.2. The van der Waals surface area contributed by atoms with Gasteiger partial charge in [-0.2, -0.15) is 5.01 Å². The topological polar surface area (TPSA) is 33.7 Å². The van der Waals surface area contributed by atoms with Crippen molar-refractivity contribution in [3.05, 3.63) is 101 Å². The van der Waals surface area contributed by atoms with Crippen molar-refractivity contribution in [2.24, 2.45) is 0 Å². The number of halogens is 1. The quantitative estimate of drug-likeness (QED) is 0.441. The molecule has 3 aromatic carbocycles. The number of rotatable bonds is 7. The number of nitrogens with zero attached hydrogens (tertiary/aromatic N) is 1. The number of para-hydroxylation sites is 1. The van der Waals surface area contributed by atoms with E-state index >= 15 is 0 Å². The highest BCUT2D eigenvalue weighted by molar-refractivity contribution is 5.67. The normalized spacial score (nSPS) is 19.4. The maximum Gasteiger partial charge on any atom is 0.195 e. The van der Waals surface area contributed by atoms with Gasteiger partial charge in [0.1, 0.15) is 17.3 Å². The number of hydrogen-bond donors (Lipinski definition) is 1. The van der Waals surface area contributed by atoms with E-state index in [1.54, 1.807) is 12.1 Å². The smallest absolute Gasteiger partial charge is 0.195 e. The van der Waals surface area contributed by atoms with Crippen molar-refractivity contribution >= 4 is 5.70 Å². The molecule has 5 rings (SSSR count). The minimum atomic E-state index is -0.307. The Morgan fingerprint density at radius 3 is 2.53 bits per heavy atom. The molecule has 2 aliphatic heterocycles. The van der Waals surface area contributed by atoms with E-state index < -0.39 is 0 Å². The first kappa shape index (κ1) is 20.6. The summed E-state index contributed by atoms with van der Waals surface area (Å²) >= 11 is 0. The molecular formula is C27H27FN2O2. The molecule has 1 N–H and O–H groups in total. The molecule has 0 amide bonds. The Bertz CT molecular complexity index is 1100. The number of fused-ring (bicyclic) bond motifs is 3. The lowest BCUT2D eigenvalue weighted by atomic mass is 10.0. The predicted molar refractivity (Wildman–Crippen MR) is 123 cm³/mol. The zero-order valence-electron chi connectivity index (χ0n) is 18.1. The van der Waals surface area contributed by atoms with Gasteiger partial charge in [0.15, 0.2) is 6.23 Å². The van der Waals surface area contributed by atoms with Gasteiger partial charge in [0.25, 0.3) is 0 Å². The molecule has 164 valence electrons. The van der Waals surface area contributed by atoms with Crippen LogP contribution in [0.4, 0.5) is 4.39 Å². The molecule has 2 atom stereocenters. The summed E-state index contributed by atoms with van der Waals surface area (Å²) in [7, 11) is 0. The highest BCUT2D eigenvalue weighted by Gasteiger charge is 2.40. The molecule has 2 aliphatic rings. The van der Waals surface area contributed by atoms with Crippen LogP contribution < -0.4 is 14.9 Å². The zero-order valence-corrected chi connectivity index (χ0v) is 18.1. The molecule has 0 unspecified atom stereocenters. The fraction of sp³-hybridized carbons (Fsp3) is 0.259. The number of hydrazine groups is 1. The third-order valence-corrected chi connectivity index (χ3v) is 5.94. The van der Waals surface area contributed by atoms with E-state index in [4.69, 9.17) is 9.47 Å². The summed E-state index contributed by atoms with van der Waals surface area (Å²) in [4.78, 5) is 0. The summed E-state index contributed by atoms with van der Waals surface area (Å²) in [6, 6.07) is 22.8. The van der Waals surface area contributed by atoms with E-state index in [9.17, 15) is 4.39 Å². The lowest BCUT2D eigenvalue weighted by Gasteiger charge is -2.39. The van der Waals surface area contributed by atoms with Crippen molar-refractivity contribution in [1.82, 2.24) is 10.4 Å². The van der Waals surface area contributed by atoms with Gasteiger partial charge in [-0.15, -0.1) is 0 Å². The van der Waals surface area contributed by atoms with E-state index in [-0.39, 0.29) is 18.1 Å². The van der Waals surface area contributed by atoms with E-state index in [1.165, 1.54) is 25.0 Å². The van der Waals surface area contributed by atoms with Crippen LogP contribution in [0.15, 0.2) is 78.9 Å². The van der Waals surface area contributed by atoms with Crippen LogP contribution in [0.2, 0.25) is 0 Å². The van der Waals surface area contributed by atoms with Gasteiger partial charge in [-0.3, -0.25) is 0 Å². The van der Waals surface area contributed by atoms with E-state index in [2.05, 4.69) is 41.6 Å². The van der Waals surface area contributed by atoms with E-state index in [0.717, 1.165) is 46.9 Å². The average Bonchev–Trinajstić information content (AvgIpc) is 3.28. The molecule has 0 bridgehead atoms. The van der Waals surface area contributed by atoms with Crippen LogP contribution in [0.5, 0.6) is 11.5 Å². The molecular weight excluding hydrogens is 403 g/mol. The molecule has 3 aromatic rings. The molecule has 0 saturated heterocycles. The molecule has 0 aromatic heterocycles. The van der Waals surface area contributed by atoms with Gasteiger partial charge in [0.2, 0.25) is 0 Å². The van der Waals surface area contributed by atoms with Gasteiger partial charge in [0.05, 0.1) is 18.3 Å². The fourth-order valence-electron chi connectivity index (χ4n) is 4.23. The number of unbranched alkanes of at least 4 members (excludes halogenated alkanes) is 2. The first-order valence-electron chi connectivity index (χ1n) is 11.2. The molecule has 0 radical (unpaired) electrons. The molecule has 32 heavy (non-hydrogen) atoms. The largest absolute Gasteiger partial charge is 0.494 e. The maximum atomic E-state index is 13.4. The van der Waals surface area contributed by atoms with Gasteiger partial charge < -0.3 is 14.9 Å². The molecule has 0 aliphatic carbocycles. The Balaban J connectivity index is 1.40. The summed E-state index contributed by atoms with van der Waals surface area (Å²) in [5, 5.41) is 2.11. The van der Waals surface area contributed by atoms with Crippen molar-refractivity contribution in [1.29, 1.82) is 0 Å². The van der Waals surface area contributed by atoms with Crippen molar-refractivity contribution in [3.8, 4) is 11.5 Å². The Labute approximate surface area is 188 Å². The predicted octanol–water partition coefficient (Wildman–Crippen LogP) is 6.39. The Morgan fingerprint density at radius 2 is 1.75 bits per heavy atom. The Morgan fingerprint density at radius 1 is 0.969 bits per heavy atom. The summed E-state index contributed by atoms with van der Waals surface area (Å²) in [6.07, 6.45) is 5.29. The van der Waals surface area contributed by atoms with Crippen LogP contribution in [0.25, 0.3) is 5.70 Å². The monoisotopic (exact) mass is 430 g/mol. The van der Waals surface area contributed by atoms with Crippen LogP contribution in [-0.4, -0.2) is 11.6 Å². The van der Waals surface area contributed by atoms with Gasteiger partial charge in [-0.25, -0.2) is 4.39 Å². The van der Waals surface area contributed by atoms with Crippen LogP contribution in [0, 0.1) is 5.82 Å². The summed E-state index contributed by atoms with van der Waals surface area (Å²) in [5.74, 6) is 1.50. The Kier molecular flexibility index (Phi) is 5.82. The molecule has 2 heterocycles. The SMILES string of the molecule is CCCCCOc1ccc([C@H]2Oc3ccccc3[C@@H]3C=C(c4ccc(F)cc4)NN23)cc1. The van der Waals surface area contributed by atoms with Crippen molar-refractivity contribution in [2.75, 3.05) is 6.61 Å². The van der Waals surface area contributed by atoms with Crippen LogP contribution in [0.1, 0.15) is 55.1 Å². The van der Waals surface area contributed by atoms with E-state index in [1.807, 2.05) is 30.3 Å². The zero-order chi connectivity index (χ0) is 21.9. The lowest BCUT2D eigenvalue weighted by Crippen LogP contribution is -2.43. The minimum absolute atomic E-state index is 0.00923. The molecule has 4 nitrogen and oxygen atoms in total. The van der Waals surface area contributed by atoms with Crippen LogP contribution in [-0.2, 0) is 0 Å². The number of ether oxygens (including phenoxy) is 2. The van der Waals surface area contributed by atoms with Gasteiger partial charge in [-0.1, -0.05) is 50.1 Å². The molecule has 0 saturated carbocycles. The summed E-state index contributed by atoms with van der Waals surface area (Å²) < 4.78 is 25.7. The first-order chi connectivity index (χ1) is 15.7. The van der Waals surface area contributed by atoms with Crippen LogP contribution >= 0.6 is 0 Å². The van der Waals surface area contributed by atoms with Gasteiger partial charge in [0, 0.05) is 11.1 Å². The van der Waals surface area contributed by atoms with E-state index in [0.29, 0.717) is 0 Å². The second-order valence-electron chi connectivity index (χ2n) is 8.18. The van der Waals surface area contributed by atoms with Crippen molar-refractivity contribution < 1.29 is 13.9 Å². The van der Waals surface area contributed by atoms with Crippen molar-refractivity contribution in [2.45, 2.75) is 38.5 Å². The second kappa shape index (κ2) is 9.05. The average molecular weight is 431 g/mol. The second-order valence-corrected chi connectivity index (χ2v) is 8.18. The van der Waals surface area contributed by atoms with Crippen molar-refractivity contribution in [3.63, 3.8) is 0 Å². The summed E-state index contributed by atoms with van der Waals surface area (Å²) in [6.45, 7) is 2.92. The third-order valence-electron chi connectivity index (χ3n) is 5.94. The number of benzene rings is 3. The highest BCUT2D eigenvalue weighted by Crippen LogP contribution is 2.45. The molecule has 5 heteroatoms. The number of nitrogens with one attached hydrogen (secondary N) is 1. The molecule has 0 fully saturated rings. The standard InChI is InChI=1S/C27H27FN2O2/c1-2-3-6-17-31-22-15-11-20(12-16-22)27-30-25(23-7-4-5-8-26(23)32-27)18-24(29-30)19-9-13-21(28)14-10-19/h4-5,7-16,18,25,27,29H,2-3,6,17H2,1H3/t25-,27+/m0/s1. The van der Waals surface area contributed by atoms with Crippen LogP contribution in [0.3, 0.4) is 0 Å². The maximum absolute atomic E-state index is 13.4. The third kappa shape index (κ3) is 4.08. The Hall–Kier alpha value is -3.31. The van der Waals surface area contributed by atoms with Gasteiger partial charge in [-0.05, 0) is 60.5 Å². The summed E-state index contributed by atoms with van der Waals surface area (Å²) in [5.41, 5.74) is 7.51. The number of hydrogen-bond acceptors (Lipinski definition) is 4. The highest BCUT2D eigenvalue weighted by atomic mass is 19.1. The lowest BCUT2D eigenvalue weighted by molar-refractivity contribution is -0.0326. The molecule has 0 spiro atoms.